The number of nitrogens with zero attached hydrogens (tertiary/aromatic N) is 7. The molecule has 3 aromatic rings. The Balaban J connectivity index is 0.969. The van der Waals surface area contributed by atoms with Crippen molar-refractivity contribution in [3.05, 3.63) is 54.4 Å². The van der Waals surface area contributed by atoms with Gasteiger partial charge in [0.1, 0.15) is 30.3 Å². The van der Waals surface area contributed by atoms with Crippen molar-refractivity contribution in [2.24, 2.45) is 0 Å². The average Bonchev–Trinajstić information content (AvgIpc) is 3.52. The van der Waals surface area contributed by atoms with Gasteiger partial charge in [-0.25, -0.2) is 14.4 Å². The highest BCUT2D eigenvalue weighted by molar-refractivity contribution is 5.91. The molecule has 1 unspecified atom stereocenters. The fourth-order valence-electron chi connectivity index (χ4n) is 6.71. The Morgan fingerprint density at radius 1 is 1.12 bits per heavy atom. The molecule has 250 valence electrons. The number of alkyl halides is 1. The molecular formula is C34H38FN9O4. The third kappa shape index (κ3) is 6.74. The van der Waals surface area contributed by atoms with Crippen molar-refractivity contribution in [1.82, 2.24) is 30.1 Å². The molecule has 4 atom stereocenters. The minimum absolute atomic E-state index is 0.145. The number of carbonyl (C=O) groups is 2. The molecule has 0 radical (unpaired) electrons. The summed E-state index contributed by atoms with van der Waals surface area (Å²) >= 11 is 0. The van der Waals surface area contributed by atoms with Crippen LogP contribution in [0.4, 0.5) is 21.7 Å². The first-order valence-electron chi connectivity index (χ1n) is 16.4. The number of hydrogen-bond donors (Lipinski definition) is 2. The lowest BCUT2D eigenvalue weighted by Gasteiger charge is -2.43. The summed E-state index contributed by atoms with van der Waals surface area (Å²) in [6.07, 6.45) is 0.0584. The van der Waals surface area contributed by atoms with E-state index in [4.69, 9.17) is 9.47 Å². The Kier molecular flexibility index (Phi) is 9.05. The normalized spacial score (nSPS) is 24.8. The quantitative estimate of drug-likeness (QED) is 0.369. The van der Waals surface area contributed by atoms with Gasteiger partial charge in [-0.2, -0.15) is 10.2 Å². The number of piperazine rings is 1. The molecule has 7 rings (SSSR count). The number of hydrogen-bond acceptors (Lipinski definition) is 11. The Morgan fingerprint density at radius 3 is 2.60 bits per heavy atom. The molecule has 4 aliphatic rings. The van der Waals surface area contributed by atoms with Crippen molar-refractivity contribution in [3.63, 3.8) is 0 Å². The summed E-state index contributed by atoms with van der Waals surface area (Å²) in [6, 6.07) is 14.9. The maximum Gasteiger partial charge on any atom is 0.245 e. The van der Waals surface area contributed by atoms with Gasteiger partial charge in [-0.05, 0) is 55.8 Å². The van der Waals surface area contributed by atoms with Crippen LogP contribution in [0.2, 0.25) is 0 Å². The highest BCUT2D eigenvalue weighted by Gasteiger charge is 2.41. The molecule has 0 saturated carbocycles. The lowest BCUT2D eigenvalue weighted by atomic mass is 9.97. The van der Waals surface area contributed by atoms with E-state index in [-0.39, 0.29) is 42.1 Å². The lowest BCUT2D eigenvalue weighted by molar-refractivity contribution is -0.141. The number of rotatable bonds is 8. The summed E-state index contributed by atoms with van der Waals surface area (Å²) in [5.41, 5.74) is 2.79. The molecule has 48 heavy (non-hydrogen) atoms. The highest BCUT2D eigenvalue weighted by atomic mass is 19.1. The van der Waals surface area contributed by atoms with Crippen LogP contribution in [-0.2, 0) is 14.3 Å². The SMILES string of the molecule is C[C@H]1CC(Oc2ccc(-c3ncnc(Nc4ccc(N5CCN(C6COC6)CC5)cc4)n3)cc2C#N)[C@H](F)CN1C(=O)[C@H]1CCC(=O)N1. The number of carbonyl (C=O) groups excluding carboxylic acids is 2. The maximum absolute atomic E-state index is 15.3. The Labute approximate surface area is 278 Å². The van der Waals surface area contributed by atoms with Crippen LogP contribution in [0.15, 0.2) is 48.8 Å². The second-order valence-corrected chi connectivity index (χ2v) is 12.7. The first-order chi connectivity index (χ1) is 23.3. The van der Waals surface area contributed by atoms with Gasteiger partial charge < -0.3 is 29.9 Å². The largest absolute Gasteiger partial charge is 0.486 e. The first kappa shape index (κ1) is 31.7. The third-order valence-corrected chi connectivity index (χ3v) is 9.60. The van der Waals surface area contributed by atoms with Crippen molar-refractivity contribution in [3.8, 4) is 23.2 Å². The van der Waals surface area contributed by atoms with Gasteiger partial charge in [0.15, 0.2) is 12.0 Å². The molecule has 0 aliphatic carbocycles. The minimum atomic E-state index is -1.46. The number of benzene rings is 2. The van der Waals surface area contributed by atoms with Crippen LogP contribution >= 0.6 is 0 Å². The van der Waals surface area contributed by atoms with Crippen LogP contribution in [0.5, 0.6) is 5.75 Å². The second-order valence-electron chi connectivity index (χ2n) is 12.7. The molecule has 13 nitrogen and oxygen atoms in total. The molecular weight excluding hydrogens is 617 g/mol. The molecule has 2 N–H and O–H groups in total. The van der Waals surface area contributed by atoms with E-state index >= 15 is 4.39 Å². The average molecular weight is 656 g/mol. The Morgan fingerprint density at radius 2 is 1.92 bits per heavy atom. The molecule has 0 bridgehead atoms. The zero-order valence-electron chi connectivity index (χ0n) is 26.7. The van der Waals surface area contributed by atoms with Gasteiger partial charge in [-0.3, -0.25) is 14.5 Å². The summed E-state index contributed by atoms with van der Waals surface area (Å²) in [7, 11) is 0. The standard InChI is InChI=1S/C34H38FN9O4/c1-21-14-30(27(35)17-44(21)33(46)28-7-9-31(45)40-28)48-29-8-2-22(15-23(29)16-36)32-37-20-38-34(41-32)39-24-3-5-25(6-4-24)42-10-12-43(13-11-42)26-18-47-19-26/h2-6,8,15,20-21,26-28,30H,7,9-14,17-19H2,1H3,(H,40,45)(H,37,38,39,41)/t21-,27+,28+,30?/m0/s1. The van der Waals surface area contributed by atoms with E-state index in [1.54, 1.807) is 18.2 Å². The Bertz CT molecular complexity index is 1690. The van der Waals surface area contributed by atoms with E-state index < -0.39 is 18.3 Å². The fraction of sp³-hybridized carbons (Fsp3) is 0.471. The molecule has 4 fully saturated rings. The molecule has 2 aromatic carbocycles. The first-order valence-corrected chi connectivity index (χ1v) is 16.4. The minimum Gasteiger partial charge on any atom is -0.486 e. The summed E-state index contributed by atoms with van der Waals surface area (Å²) in [4.78, 5) is 44.0. The van der Waals surface area contributed by atoms with Crippen LogP contribution < -0.4 is 20.3 Å². The number of aromatic nitrogens is 3. The van der Waals surface area contributed by atoms with E-state index in [2.05, 4.69) is 53.6 Å². The molecule has 0 spiro atoms. The van der Waals surface area contributed by atoms with Gasteiger partial charge in [0.25, 0.3) is 0 Å². The lowest BCUT2D eigenvalue weighted by Crippen LogP contribution is -2.57. The second kappa shape index (κ2) is 13.7. The van der Waals surface area contributed by atoms with Gasteiger partial charge >= 0.3 is 0 Å². The Hall–Kier alpha value is -4.87. The van der Waals surface area contributed by atoms with E-state index in [0.29, 0.717) is 36.2 Å². The van der Waals surface area contributed by atoms with Crippen LogP contribution in [-0.4, -0.2) is 113 Å². The van der Waals surface area contributed by atoms with Crippen LogP contribution in [0.3, 0.4) is 0 Å². The summed E-state index contributed by atoms with van der Waals surface area (Å²) < 4.78 is 26.7. The smallest absolute Gasteiger partial charge is 0.245 e. The molecule has 4 aliphatic heterocycles. The molecule has 5 heterocycles. The molecule has 14 heteroatoms. The van der Waals surface area contributed by atoms with E-state index in [1.807, 2.05) is 19.1 Å². The zero-order valence-corrected chi connectivity index (χ0v) is 26.7. The topological polar surface area (TPSA) is 149 Å². The monoisotopic (exact) mass is 655 g/mol. The number of likely N-dealkylation sites (tertiary alicyclic amines) is 1. The van der Waals surface area contributed by atoms with Crippen molar-refractivity contribution in [2.45, 2.75) is 56.6 Å². The number of amides is 2. The predicted molar refractivity (Wildman–Crippen MR) is 174 cm³/mol. The van der Waals surface area contributed by atoms with Gasteiger partial charge in [-0.1, -0.05) is 0 Å². The highest BCUT2D eigenvalue weighted by Crippen LogP contribution is 2.31. The van der Waals surface area contributed by atoms with E-state index in [1.165, 1.54) is 16.9 Å². The molecule has 1 aromatic heterocycles. The van der Waals surface area contributed by atoms with Gasteiger partial charge in [0.05, 0.1) is 31.4 Å². The zero-order chi connectivity index (χ0) is 33.2. The third-order valence-electron chi connectivity index (χ3n) is 9.60. The molecule has 2 amide bonds. The van der Waals surface area contributed by atoms with Crippen LogP contribution in [0, 0.1) is 11.3 Å². The van der Waals surface area contributed by atoms with Gasteiger partial charge in [0.2, 0.25) is 17.8 Å². The number of nitrogens with one attached hydrogen (secondary N) is 2. The summed E-state index contributed by atoms with van der Waals surface area (Å²) in [5, 5.41) is 15.8. The number of ether oxygens (including phenoxy) is 2. The predicted octanol–water partition coefficient (Wildman–Crippen LogP) is 2.66. The van der Waals surface area contributed by atoms with Crippen molar-refractivity contribution in [2.75, 3.05) is 56.2 Å². The van der Waals surface area contributed by atoms with Gasteiger partial charge in [0, 0.05) is 62.0 Å². The maximum atomic E-state index is 15.3. The number of anilines is 3. The summed E-state index contributed by atoms with van der Waals surface area (Å²) in [6.45, 7) is 7.39. The van der Waals surface area contributed by atoms with Crippen LogP contribution in [0.25, 0.3) is 11.4 Å². The van der Waals surface area contributed by atoms with E-state index in [9.17, 15) is 14.9 Å². The van der Waals surface area contributed by atoms with E-state index in [0.717, 1.165) is 45.1 Å². The van der Waals surface area contributed by atoms with Crippen molar-refractivity contribution in [1.29, 1.82) is 5.26 Å². The van der Waals surface area contributed by atoms with Gasteiger partial charge in [-0.15, -0.1) is 0 Å². The fourth-order valence-corrected chi connectivity index (χ4v) is 6.71. The molecule has 4 saturated heterocycles. The number of halogens is 1. The van der Waals surface area contributed by atoms with Crippen molar-refractivity contribution < 1.29 is 23.5 Å². The number of nitriles is 1. The van der Waals surface area contributed by atoms with Crippen LogP contribution in [0.1, 0.15) is 31.7 Å². The van der Waals surface area contributed by atoms with Crippen molar-refractivity contribution >= 4 is 29.1 Å². The number of piperidine rings is 1. The summed E-state index contributed by atoms with van der Waals surface area (Å²) in [5.74, 6) is 0.526.